The molecule has 0 radical (unpaired) electrons. The predicted molar refractivity (Wildman–Crippen MR) is 53.6 cm³/mol. The van der Waals surface area contributed by atoms with Crippen molar-refractivity contribution >= 4 is 11.8 Å². The molecule has 4 nitrogen and oxygen atoms in total. The molecule has 1 fully saturated rings. The Morgan fingerprint density at radius 1 is 1.57 bits per heavy atom. The van der Waals surface area contributed by atoms with Gasteiger partial charge in [0.15, 0.2) is 0 Å². The van der Waals surface area contributed by atoms with E-state index in [0.29, 0.717) is 19.4 Å². The van der Waals surface area contributed by atoms with Crippen molar-refractivity contribution in [2.45, 2.75) is 32.7 Å². The van der Waals surface area contributed by atoms with Gasteiger partial charge >= 0.3 is 0 Å². The number of nitrogens with one attached hydrogen (secondary N) is 1. The van der Waals surface area contributed by atoms with Crippen molar-refractivity contribution in [2.75, 3.05) is 13.6 Å². The summed E-state index contributed by atoms with van der Waals surface area (Å²) >= 11 is 0. The average molecular weight is 198 g/mol. The zero-order valence-corrected chi connectivity index (χ0v) is 9.04. The third kappa shape index (κ3) is 2.12. The summed E-state index contributed by atoms with van der Waals surface area (Å²) in [5.41, 5.74) is 0. The number of hydrogen-bond donors (Lipinski definition) is 1. The quantitative estimate of drug-likeness (QED) is 0.667. The number of carbonyl (C=O) groups excluding carboxylic acids is 2. The fourth-order valence-corrected chi connectivity index (χ4v) is 1.79. The summed E-state index contributed by atoms with van der Waals surface area (Å²) in [4.78, 5) is 24.7. The molecule has 0 spiro atoms. The van der Waals surface area contributed by atoms with E-state index in [0.717, 1.165) is 0 Å². The summed E-state index contributed by atoms with van der Waals surface area (Å²) in [6.45, 7) is 4.43. The van der Waals surface area contributed by atoms with Crippen molar-refractivity contribution in [1.82, 2.24) is 10.2 Å². The Balaban J connectivity index is 2.71. The Kier molecular flexibility index (Phi) is 3.63. The van der Waals surface area contributed by atoms with E-state index in [2.05, 4.69) is 5.32 Å². The zero-order chi connectivity index (χ0) is 10.7. The van der Waals surface area contributed by atoms with E-state index < -0.39 is 0 Å². The summed E-state index contributed by atoms with van der Waals surface area (Å²) in [6, 6.07) is -0.0391. The second kappa shape index (κ2) is 4.55. The number of piperidine rings is 1. The van der Waals surface area contributed by atoms with Crippen LogP contribution in [0.3, 0.4) is 0 Å². The maximum Gasteiger partial charge on any atom is 0.232 e. The molecule has 0 aromatic carbocycles. The van der Waals surface area contributed by atoms with Gasteiger partial charge in [0, 0.05) is 24.9 Å². The normalized spacial score (nSPS) is 25.4. The van der Waals surface area contributed by atoms with Gasteiger partial charge in [0.25, 0.3) is 0 Å². The number of nitrogens with zero attached hydrogens (tertiary/aromatic N) is 1. The first-order valence-corrected chi connectivity index (χ1v) is 5.08. The van der Waals surface area contributed by atoms with Crippen LogP contribution in [-0.4, -0.2) is 36.3 Å². The summed E-state index contributed by atoms with van der Waals surface area (Å²) in [5.74, 6) is -0.0631. The summed E-state index contributed by atoms with van der Waals surface area (Å²) < 4.78 is 0. The number of imide groups is 1. The third-order valence-corrected chi connectivity index (χ3v) is 2.66. The molecular weight excluding hydrogens is 180 g/mol. The van der Waals surface area contributed by atoms with Gasteiger partial charge in [0.05, 0.1) is 0 Å². The molecule has 2 unspecified atom stereocenters. The largest absolute Gasteiger partial charge is 0.318 e. The molecule has 14 heavy (non-hydrogen) atoms. The maximum atomic E-state index is 11.7. The van der Waals surface area contributed by atoms with Crippen LogP contribution in [0.1, 0.15) is 26.7 Å². The molecule has 1 saturated heterocycles. The topological polar surface area (TPSA) is 49.4 Å². The number of amides is 2. The van der Waals surface area contributed by atoms with Crippen LogP contribution in [0.2, 0.25) is 0 Å². The van der Waals surface area contributed by atoms with E-state index in [1.54, 1.807) is 0 Å². The molecule has 80 valence electrons. The van der Waals surface area contributed by atoms with E-state index in [1.165, 1.54) is 4.90 Å². The molecule has 1 heterocycles. The Labute approximate surface area is 84.7 Å². The van der Waals surface area contributed by atoms with Gasteiger partial charge in [-0.25, -0.2) is 0 Å². The van der Waals surface area contributed by atoms with Gasteiger partial charge in [-0.15, -0.1) is 0 Å². The second-order valence-corrected chi connectivity index (χ2v) is 3.95. The molecule has 4 heteroatoms. The van der Waals surface area contributed by atoms with Crippen LogP contribution in [0.15, 0.2) is 0 Å². The number of carbonyl (C=O) groups is 2. The number of rotatable bonds is 3. The molecule has 1 aliphatic rings. The maximum absolute atomic E-state index is 11.7. The van der Waals surface area contributed by atoms with Crippen LogP contribution in [0, 0.1) is 5.92 Å². The molecule has 2 amide bonds. The van der Waals surface area contributed by atoms with Crippen LogP contribution in [-0.2, 0) is 9.59 Å². The van der Waals surface area contributed by atoms with Crippen LogP contribution in [0.4, 0.5) is 0 Å². The third-order valence-electron chi connectivity index (χ3n) is 2.66. The first kappa shape index (κ1) is 11.2. The van der Waals surface area contributed by atoms with E-state index in [4.69, 9.17) is 0 Å². The Morgan fingerprint density at radius 2 is 2.21 bits per heavy atom. The molecule has 2 atom stereocenters. The fourth-order valence-electron chi connectivity index (χ4n) is 1.79. The van der Waals surface area contributed by atoms with Crippen molar-refractivity contribution in [3.63, 3.8) is 0 Å². The van der Waals surface area contributed by atoms with Gasteiger partial charge in [-0.3, -0.25) is 14.5 Å². The highest BCUT2D eigenvalue weighted by atomic mass is 16.2. The van der Waals surface area contributed by atoms with Crippen molar-refractivity contribution in [3.8, 4) is 0 Å². The lowest BCUT2D eigenvalue weighted by Crippen LogP contribution is -2.51. The SMILES string of the molecule is CNCC(C)N1C(=O)CCC(C)C1=O. The smallest absolute Gasteiger partial charge is 0.232 e. The highest BCUT2D eigenvalue weighted by Gasteiger charge is 2.34. The molecule has 1 rings (SSSR count). The van der Waals surface area contributed by atoms with Gasteiger partial charge in [0.2, 0.25) is 11.8 Å². The van der Waals surface area contributed by atoms with Gasteiger partial charge in [-0.05, 0) is 20.4 Å². The summed E-state index contributed by atoms with van der Waals surface area (Å²) in [7, 11) is 1.82. The van der Waals surface area contributed by atoms with E-state index in [9.17, 15) is 9.59 Å². The molecule has 0 aromatic heterocycles. The van der Waals surface area contributed by atoms with E-state index in [1.807, 2.05) is 20.9 Å². The minimum atomic E-state index is -0.0391. The summed E-state index contributed by atoms with van der Waals surface area (Å²) in [6.07, 6.45) is 1.20. The lowest BCUT2D eigenvalue weighted by molar-refractivity contribution is -0.153. The molecule has 1 aliphatic heterocycles. The Hall–Kier alpha value is -0.900. The standard InChI is InChI=1S/C10H18N2O2/c1-7-4-5-9(13)12(10(7)14)8(2)6-11-3/h7-8,11H,4-6H2,1-3H3. The van der Waals surface area contributed by atoms with Crippen molar-refractivity contribution in [1.29, 1.82) is 0 Å². The highest BCUT2D eigenvalue weighted by molar-refractivity contribution is 5.98. The van der Waals surface area contributed by atoms with Crippen LogP contribution >= 0.6 is 0 Å². The van der Waals surface area contributed by atoms with Gasteiger partial charge in [-0.2, -0.15) is 0 Å². The molecule has 0 aliphatic carbocycles. The zero-order valence-electron chi connectivity index (χ0n) is 9.04. The summed E-state index contributed by atoms with van der Waals surface area (Å²) in [5, 5.41) is 2.97. The minimum Gasteiger partial charge on any atom is -0.318 e. The van der Waals surface area contributed by atoms with Crippen molar-refractivity contribution < 1.29 is 9.59 Å². The lowest BCUT2D eigenvalue weighted by Gasteiger charge is -2.33. The minimum absolute atomic E-state index is 0.00740. The molecule has 0 bridgehead atoms. The van der Waals surface area contributed by atoms with Crippen LogP contribution in [0.25, 0.3) is 0 Å². The molecule has 0 saturated carbocycles. The number of hydrogen-bond acceptors (Lipinski definition) is 3. The average Bonchev–Trinajstić information content (AvgIpc) is 2.13. The van der Waals surface area contributed by atoms with Crippen LogP contribution in [0.5, 0.6) is 0 Å². The van der Waals surface area contributed by atoms with Crippen LogP contribution < -0.4 is 5.32 Å². The Morgan fingerprint density at radius 3 is 2.79 bits per heavy atom. The number of likely N-dealkylation sites (tertiary alicyclic amines) is 1. The van der Waals surface area contributed by atoms with Gasteiger partial charge in [0.1, 0.15) is 0 Å². The Bertz CT molecular complexity index is 240. The highest BCUT2D eigenvalue weighted by Crippen LogP contribution is 2.20. The molecular formula is C10H18N2O2. The first-order valence-electron chi connectivity index (χ1n) is 5.08. The monoisotopic (exact) mass is 198 g/mol. The molecule has 1 N–H and O–H groups in total. The fraction of sp³-hybridized carbons (Fsp3) is 0.800. The lowest BCUT2D eigenvalue weighted by atomic mass is 9.97. The van der Waals surface area contributed by atoms with Crippen molar-refractivity contribution in [3.05, 3.63) is 0 Å². The van der Waals surface area contributed by atoms with E-state index >= 15 is 0 Å². The first-order chi connectivity index (χ1) is 6.57. The van der Waals surface area contributed by atoms with Gasteiger partial charge in [-0.1, -0.05) is 6.92 Å². The predicted octanol–water partition coefficient (Wildman–Crippen LogP) is 0.379. The van der Waals surface area contributed by atoms with Crippen molar-refractivity contribution in [2.24, 2.45) is 5.92 Å². The molecule has 0 aromatic rings. The van der Waals surface area contributed by atoms with E-state index in [-0.39, 0.29) is 23.8 Å². The second-order valence-electron chi connectivity index (χ2n) is 3.95. The van der Waals surface area contributed by atoms with Gasteiger partial charge < -0.3 is 5.32 Å². The number of likely N-dealkylation sites (N-methyl/N-ethyl adjacent to an activating group) is 1.